The lowest BCUT2D eigenvalue weighted by atomic mass is 10.2. The number of ether oxygens (including phenoxy) is 1. The zero-order chi connectivity index (χ0) is 12.3. The highest BCUT2D eigenvalue weighted by atomic mass is 32.1. The molecule has 1 aliphatic heterocycles. The number of thiazole rings is 1. The van der Waals surface area contributed by atoms with Crippen LogP contribution < -0.4 is 10.6 Å². The zero-order valence-electron chi connectivity index (χ0n) is 10.0. The summed E-state index contributed by atoms with van der Waals surface area (Å²) in [7, 11) is 0. The molecule has 1 aliphatic rings. The number of carbonyl (C=O) groups excluding carboxylic acids is 1. The van der Waals surface area contributed by atoms with E-state index in [1.54, 1.807) is 0 Å². The van der Waals surface area contributed by atoms with Gasteiger partial charge >= 0.3 is 0 Å². The van der Waals surface area contributed by atoms with Crippen molar-refractivity contribution in [2.75, 3.05) is 25.1 Å². The fourth-order valence-corrected chi connectivity index (χ4v) is 2.41. The molecule has 0 radical (unpaired) electrons. The Morgan fingerprint density at radius 2 is 2.53 bits per heavy atom. The van der Waals surface area contributed by atoms with Crippen molar-refractivity contribution in [3.63, 3.8) is 0 Å². The minimum absolute atomic E-state index is 0.0747. The quantitative estimate of drug-likeness (QED) is 0.851. The summed E-state index contributed by atoms with van der Waals surface area (Å²) >= 11 is 1.46. The molecule has 0 bridgehead atoms. The lowest BCUT2D eigenvalue weighted by Crippen LogP contribution is -2.48. The van der Waals surface area contributed by atoms with Gasteiger partial charge in [-0.3, -0.25) is 4.79 Å². The van der Waals surface area contributed by atoms with Crippen molar-refractivity contribution in [3.8, 4) is 0 Å². The van der Waals surface area contributed by atoms with Crippen LogP contribution in [0.1, 0.15) is 25.5 Å². The molecule has 0 spiro atoms. The van der Waals surface area contributed by atoms with E-state index in [0.29, 0.717) is 30.8 Å². The maximum absolute atomic E-state index is 11.9. The highest BCUT2D eigenvalue weighted by Gasteiger charge is 2.22. The standard InChI is InChI=1S/C11H17N3O2S/c1-7(2)9-6-17-11(13-9)14-10(15)8-5-16-4-3-12-8/h6-8,12H,3-5H2,1-2H3,(H,13,14,15). The molecule has 94 valence electrons. The Kier molecular flexibility index (Phi) is 4.09. The lowest BCUT2D eigenvalue weighted by Gasteiger charge is -2.22. The predicted octanol–water partition coefficient (Wildman–Crippen LogP) is 1.19. The van der Waals surface area contributed by atoms with E-state index in [9.17, 15) is 4.79 Å². The molecule has 2 heterocycles. The van der Waals surface area contributed by atoms with Gasteiger partial charge in [-0.05, 0) is 5.92 Å². The molecule has 2 N–H and O–H groups in total. The van der Waals surface area contributed by atoms with Gasteiger partial charge in [-0.15, -0.1) is 11.3 Å². The maximum atomic E-state index is 11.9. The number of hydrogen-bond donors (Lipinski definition) is 2. The van der Waals surface area contributed by atoms with Crippen LogP contribution in [-0.4, -0.2) is 36.7 Å². The van der Waals surface area contributed by atoms with Crippen molar-refractivity contribution in [2.24, 2.45) is 0 Å². The molecule has 1 aromatic heterocycles. The molecule has 1 atom stereocenters. The number of nitrogens with zero attached hydrogens (tertiary/aromatic N) is 1. The molecule has 5 nitrogen and oxygen atoms in total. The average Bonchev–Trinajstić information content (AvgIpc) is 2.79. The first-order valence-corrected chi connectivity index (χ1v) is 6.62. The van der Waals surface area contributed by atoms with Gasteiger partial charge in [0.2, 0.25) is 5.91 Å². The second-order valence-electron chi connectivity index (χ2n) is 4.30. The largest absolute Gasteiger partial charge is 0.378 e. The van der Waals surface area contributed by atoms with Crippen LogP contribution in [0.4, 0.5) is 5.13 Å². The van der Waals surface area contributed by atoms with E-state index in [1.165, 1.54) is 11.3 Å². The highest BCUT2D eigenvalue weighted by molar-refractivity contribution is 7.13. The molecular weight excluding hydrogens is 238 g/mol. The molecule has 0 aromatic carbocycles. The monoisotopic (exact) mass is 255 g/mol. The number of hydrogen-bond acceptors (Lipinski definition) is 5. The molecule has 0 aliphatic carbocycles. The number of aromatic nitrogens is 1. The first-order valence-electron chi connectivity index (χ1n) is 5.74. The number of morpholine rings is 1. The predicted molar refractivity (Wildman–Crippen MR) is 67.4 cm³/mol. The smallest absolute Gasteiger partial charge is 0.245 e. The highest BCUT2D eigenvalue weighted by Crippen LogP contribution is 2.21. The van der Waals surface area contributed by atoms with Gasteiger partial charge in [-0.25, -0.2) is 4.98 Å². The van der Waals surface area contributed by atoms with Crippen LogP contribution in [0.3, 0.4) is 0 Å². The number of amides is 1. The topological polar surface area (TPSA) is 63.2 Å². The summed E-state index contributed by atoms with van der Waals surface area (Å²) in [5, 5.41) is 8.56. The van der Waals surface area contributed by atoms with E-state index in [4.69, 9.17) is 4.74 Å². The summed E-state index contributed by atoms with van der Waals surface area (Å²) < 4.78 is 5.24. The molecule has 1 saturated heterocycles. The van der Waals surface area contributed by atoms with Gasteiger partial charge in [0.25, 0.3) is 0 Å². The first-order chi connectivity index (χ1) is 8.16. The third kappa shape index (κ3) is 3.24. The Balaban J connectivity index is 1.92. The number of rotatable bonds is 3. The Bertz CT molecular complexity index is 386. The number of anilines is 1. The summed E-state index contributed by atoms with van der Waals surface area (Å²) in [5.41, 5.74) is 1.01. The fourth-order valence-electron chi connectivity index (χ4n) is 1.54. The molecule has 17 heavy (non-hydrogen) atoms. The molecule has 1 fully saturated rings. The van der Waals surface area contributed by atoms with Gasteiger partial charge < -0.3 is 15.4 Å². The Hall–Kier alpha value is -0.980. The van der Waals surface area contributed by atoms with E-state index in [1.807, 2.05) is 5.38 Å². The minimum Gasteiger partial charge on any atom is -0.378 e. The fraction of sp³-hybridized carbons (Fsp3) is 0.636. The Labute approximate surface area is 105 Å². The van der Waals surface area contributed by atoms with E-state index in [-0.39, 0.29) is 11.9 Å². The maximum Gasteiger partial charge on any atom is 0.245 e. The third-order valence-corrected chi connectivity index (χ3v) is 3.36. The summed E-state index contributed by atoms with van der Waals surface area (Å²) in [6, 6.07) is -0.268. The van der Waals surface area contributed by atoms with Crippen LogP contribution >= 0.6 is 11.3 Å². The van der Waals surface area contributed by atoms with Crippen LogP contribution in [0.5, 0.6) is 0 Å². The normalized spacial score (nSPS) is 20.5. The first kappa shape index (κ1) is 12.5. The van der Waals surface area contributed by atoms with Crippen molar-refractivity contribution in [3.05, 3.63) is 11.1 Å². The van der Waals surface area contributed by atoms with Crippen molar-refractivity contribution in [1.82, 2.24) is 10.3 Å². The molecule has 1 unspecified atom stereocenters. The van der Waals surface area contributed by atoms with Crippen LogP contribution in [-0.2, 0) is 9.53 Å². The molecule has 0 saturated carbocycles. The second kappa shape index (κ2) is 5.57. The second-order valence-corrected chi connectivity index (χ2v) is 5.16. The van der Waals surface area contributed by atoms with Crippen molar-refractivity contribution >= 4 is 22.4 Å². The van der Waals surface area contributed by atoms with Gasteiger partial charge in [-0.1, -0.05) is 13.8 Å². The van der Waals surface area contributed by atoms with E-state index in [0.717, 1.165) is 5.69 Å². The molecule has 2 rings (SSSR count). The van der Waals surface area contributed by atoms with Crippen LogP contribution in [0.25, 0.3) is 0 Å². The van der Waals surface area contributed by atoms with Crippen molar-refractivity contribution in [2.45, 2.75) is 25.8 Å². The molecule has 1 amide bonds. The zero-order valence-corrected chi connectivity index (χ0v) is 10.8. The van der Waals surface area contributed by atoms with Crippen LogP contribution in [0.15, 0.2) is 5.38 Å². The van der Waals surface area contributed by atoms with Gasteiger partial charge in [0.15, 0.2) is 5.13 Å². The SMILES string of the molecule is CC(C)c1csc(NC(=O)C2COCCN2)n1. The van der Waals surface area contributed by atoms with Gasteiger partial charge in [0.1, 0.15) is 6.04 Å². The van der Waals surface area contributed by atoms with Gasteiger partial charge in [0, 0.05) is 11.9 Å². The van der Waals surface area contributed by atoms with Crippen molar-refractivity contribution < 1.29 is 9.53 Å². The summed E-state index contributed by atoms with van der Waals surface area (Å²) in [5.74, 6) is 0.308. The molecule has 1 aromatic rings. The summed E-state index contributed by atoms with van der Waals surface area (Å²) in [4.78, 5) is 16.2. The third-order valence-electron chi connectivity index (χ3n) is 2.58. The lowest BCUT2D eigenvalue weighted by molar-refractivity contribution is -0.120. The van der Waals surface area contributed by atoms with E-state index in [2.05, 4.69) is 29.5 Å². The molecule has 6 heteroatoms. The van der Waals surface area contributed by atoms with E-state index >= 15 is 0 Å². The Morgan fingerprint density at radius 3 is 3.12 bits per heavy atom. The Morgan fingerprint density at radius 1 is 1.71 bits per heavy atom. The van der Waals surface area contributed by atoms with Gasteiger partial charge in [-0.2, -0.15) is 0 Å². The molecular formula is C11H17N3O2S. The average molecular weight is 255 g/mol. The van der Waals surface area contributed by atoms with Crippen LogP contribution in [0, 0.1) is 0 Å². The minimum atomic E-state index is -0.268. The van der Waals surface area contributed by atoms with E-state index < -0.39 is 0 Å². The summed E-state index contributed by atoms with van der Waals surface area (Å²) in [6.07, 6.45) is 0. The summed E-state index contributed by atoms with van der Waals surface area (Å²) in [6.45, 7) is 5.97. The number of carbonyl (C=O) groups is 1. The van der Waals surface area contributed by atoms with Crippen LogP contribution in [0.2, 0.25) is 0 Å². The van der Waals surface area contributed by atoms with Crippen molar-refractivity contribution in [1.29, 1.82) is 0 Å². The van der Waals surface area contributed by atoms with Gasteiger partial charge in [0.05, 0.1) is 18.9 Å². The number of nitrogens with one attached hydrogen (secondary N) is 2.